The van der Waals surface area contributed by atoms with Crippen molar-refractivity contribution in [3.8, 4) is 0 Å². The van der Waals surface area contributed by atoms with E-state index < -0.39 is 11.9 Å². The van der Waals surface area contributed by atoms with Gasteiger partial charge in [0, 0.05) is 19.1 Å². The largest absolute Gasteiger partial charge is 0.465 e. The maximum absolute atomic E-state index is 12.2. The Labute approximate surface area is 127 Å². The number of nitrogens with zero attached hydrogens (tertiary/aromatic N) is 3. The van der Waals surface area contributed by atoms with Crippen LogP contribution >= 0.6 is 11.6 Å². The lowest BCUT2D eigenvalue weighted by atomic mass is 9.99. The number of aromatic nitrogens is 2. The molecule has 0 aliphatic carbocycles. The Morgan fingerprint density at radius 1 is 1.48 bits per heavy atom. The molecule has 6 nitrogen and oxygen atoms in total. The van der Waals surface area contributed by atoms with Crippen LogP contribution in [0.15, 0.2) is 28.8 Å². The van der Waals surface area contributed by atoms with E-state index in [1.807, 2.05) is 0 Å². The van der Waals surface area contributed by atoms with Gasteiger partial charge in [-0.1, -0.05) is 23.7 Å². The molecule has 0 bridgehead atoms. The van der Waals surface area contributed by atoms with Crippen molar-refractivity contribution in [2.75, 3.05) is 25.6 Å². The predicted octanol–water partition coefficient (Wildman–Crippen LogP) is 2.48. The summed E-state index contributed by atoms with van der Waals surface area (Å²) < 4.78 is 10.3. The molecule has 0 saturated heterocycles. The third-order valence-electron chi connectivity index (χ3n) is 2.78. The lowest BCUT2D eigenvalue weighted by molar-refractivity contribution is -0.144. The van der Waals surface area contributed by atoms with Crippen LogP contribution in [0.5, 0.6) is 0 Å². The molecule has 0 N–H and O–H groups in total. The van der Waals surface area contributed by atoms with Crippen molar-refractivity contribution >= 4 is 23.5 Å². The highest BCUT2D eigenvalue weighted by Gasteiger charge is 2.30. The monoisotopic (exact) mass is 309 g/mol. The van der Waals surface area contributed by atoms with Crippen LogP contribution in [0.1, 0.15) is 24.3 Å². The predicted molar refractivity (Wildman–Crippen MR) is 78.6 cm³/mol. The molecule has 0 saturated carbocycles. The van der Waals surface area contributed by atoms with Crippen molar-refractivity contribution in [1.29, 1.82) is 0 Å². The van der Waals surface area contributed by atoms with Gasteiger partial charge in [-0.25, -0.2) is 0 Å². The molecule has 7 heteroatoms. The zero-order valence-electron chi connectivity index (χ0n) is 12.0. The summed E-state index contributed by atoms with van der Waals surface area (Å²) in [4.78, 5) is 18.1. The first-order chi connectivity index (χ1) is 10.0. The highest BCUT2D eigenvalue weighted by molar-refractivity contribution is 6.30. The molecule has 1 aromatic carbocycles. The fourth-order valence-corrected chi connectivity index (χ4v) is 2.02. The van der Waals surface area contributed by atoms with E-state index in [2.05, 4.69) is 10.1 Å². The van der Waals surface area contributed by atoms with Crippen LogP contribution in [-0.2, 0) is 9.53 Å². The first kappa shape index (κ1) is 15.3. The van der Waals surface area contributed by atoms with Gasteiger partial charge >= 0.3 is 5.97 Å². The molecule has 1 heterocycles. The lowest BCUT2D eigenvalue weighted by Gasteiger charge is -2.12. The number of carbonyl (C=O) groups is 1. The molecular weight excluding hydrogens is 294 g/mol. The van der Waals surface area contributed by atoms with E-state index >= 15 is 0 Å². The van der Waals surface area contributed by atoms with Crippen molar-refractivity contribution in [1.82, 2.24) is 10.1 Å². The summed E-state index contributed by atoms with van der Waals surface area (Å²) in [6.45, 7) is 2.01. The summed E-state index contributed by atoms with van der Waals surface area (Å²) in [6.07, 6.45) is 0. The number of ether oxygens (including phenoxy) is 1. The summed E-state index contributed by atoms with van der Waals surface area (Å²) in [5.74, 6) is -0.667. The molecule has 0 amide bonds. The van der Waals surface area contributed by atoms with Gasteiger partial charge < -0.3 is 14.2 Å². The van der Waals surface area contributed by atoms with Crippen LogP contribution < -0.4 is 4.90 Å². The fraction of sp³-hybridized carbons (Fsp3) is 0.357. The Bertz CT molecular complexity index is 627. The molecular formula is C14H16ClN3O3. The van der Waals surface area contributed by atoms with Gasteiger partial charge in [0.2, 0.25) is 5.89 Å². The molecule has 1 aromatic heterocycles. The quantitative estimate of drug-likeness (QED) is 0.790. The Kier molecular flexibility index (Phi) is 4.80. The van der Waals surface area contributed by atoms with E-state index in [4.69, 9.17) is 20.9 Å². The normalized spacial score (nSPS) is 12.0. The number of rotatable bonds is 5. The van der Waals surface area contributed by atoms with E-state index in [0.717, 1.165) is 0 Å². The average molecular weight is 310 g/mol. The minimum absolute atomic E-state index is 0.180. The van der Waals surface area contributed by atoms with E-state index in [1.54, 1.807) is 50.2 Å². The van der Waals surface area contributed by atoms with Gasteiger partial charge in [0.05, 0.1) is 6.61 Å². The van der Waals surface area contributed by atoms with Crippen LogP contribution in [0.25, 0.3) is 0 Å². The Balaban J connectivity index is 2.42. The third kappa shape index (κ3) is 3.52. The fourth-order valence-electron chi connectivity index (χ4n) is 1.82. The molecule has 0 aliphatic rings. The molecule has 0 fully saturated rings. The van der Waals surface area contributed by atoms with Gasteiger partial charge in [-0.15, -0.1) is 0 Å². The first-order valence-corrected chi connectivity index (χ1v) is 6.83. The number of carbonyl (C=O) groups excluding carboxylic acids is 1. The smallest absolute Gasteiger partial charge is 0.323 e. The number of anilines is 1. The van der Waals surface area contributed by atoms with Gasteiger partial charge in [-0.05, 0) is 29.8 Å². The van der Waals surface area contributed by atoms with Crippen molar-refractivity contribution in [3.05, 3.63) is 40.7 Å². The molecule has 2 aromatic rings. The Hall–Kier alpha value is -2.08. The third-order valence-corrected chi connectivity index (χ3v) is 3.02. The van der Waals surface area contributed by atoms with Crippen LogP contribution in [0, 0.1) is 0 Å². The molecule has 21 heavy (non-hydrogen) atoms. The standard InChI is InChI=1S/C14H16ClN3O3/c1-4-20-13(19)11(9-6-5-7-10(15)8-9)12-16-14(17-21-12)18(2)3/h5-8,11H,4H2,1-3H3. The molecule has 0 aliphatic heterocycles. The molecule has 1 unspecified atom stereocenters. The van der Waals surface area contributed by atoms with Gasteiger partial charge in [0.1, 0.15) is 0 Å². The number of hydrogen-bond donors (Lipinski definition) is 0. The minimum atomic E-state index is -0.787. The van der Waals surface area contributed by atoms with Crippen LogP contribution in [0.2, 0.25) is 5.02 Å². The lowest BCUT2D eigenvalue weighted by Crippen LogP contribution is -2.18. The molecule has 2 rings (SSSR count). The minimum Gasteiger partial charge on any atom is -0.465 e. The zero-order chi connectivity index (χ0) is 15.4. The molecule has 112 valence electrons. The number of hydrogen-bond acceptors (Lipinski definition) is 6. The topological polar surface area (TPSA) is 68.5 Å². The van der Waals surface area contributed by atoms with Gasteiger partial charge in [0.15, 0.2) is 5.92 Å². The van der Waals surface area contributed by atoms with Gasteiger partial charge in [-0.2, -0.15) is 4.98 Å². The Morgan fingerprint density at radius 2 is 2.24 bits per heavy atom. The highest BCUT2D eigenvalue weighted by Crippen LogP contribution is 2.28. The average Bonchev–Trinajstić information content (AvgIpc) is 2.89. The summed E-state index contributed by atoms with van der Waals surface area (Å²) in [6, 6.07) is 6.94. The summed E-state index contributed by atoms with van der Waals surface area (Å²) in [5, 5.41) is 4.35. The van der Waals surface area contributed by atoms with Crippen molar-refractivity contribution < 1.29 is 14.1 Å². The maximum Gasteiger partial charge on any atom is 0.323 e. The maximum atomic E-state index is 12.2. The summed E-state index contributed by atoms with van der Waals surface area (Å²) >= 11 is 5.99. The van der Waals surface area contributed by atoms with Crippen molar-refractivity contribution in [2.45, 2.75) is 12.8 Å². The number of esters is 1. The van der Waals surface area contributed by atoms with E-state index in [0.29, 0.717) is 16.5 Å². The van der Waals surface area contributed by atoms with Crippen LogP contribution in [0.3, 0.4) is 0 Å². The number of benzene rings is 1. The van der Waals surface area contributed by atoms with Gasteiger partial charge in [0.25, 0.3) is 5.95 Å². The van der Waals surface area contributed by atoms with E-state index in [1.165, 1.54) is 0 Å². The molecule has 0 radical (unpaired) electrons. The van der Waals surface area contributed by atoms with Crippen molar-refractivity contribution in [3.63, 3.8) is 0 Å². The second-order valence-electron chi connectivity index (χ2n) is 4.57. The van der Waals surface area contributed by atoms with Gasteiger partial charge in [-0.3, -0.25) is 4.79 Å². The molecule has 1 atom stereocenters. The van der Waals surface area contributed by atoms with Crippen molar-refractivity contribution in [2.24, 2.45) is 0 Å². The zero-order valence-corrected chi connectivity index (χ0v) is 12.8. The van der Waals surface area contributed by atoms with E-state index in [-0.39, 0.29) is 12.5 Å². The Morgan fingerprint density at radius 3 is 2.81 bits per heavy atom. The second-order valence-corrected chi connectivity index (χ2v) is 5.00. The SMILES string of the molecule is CCOC(=O)C(c1cccc(Cl)c1)c1nc(N(C)C)no1. The number of halogens is 1. The first-order valence-electron chi connectivity index (χ1n) is 6.46. The highest BCUT2D eigenvalue weighted by atomic mass is 35.5. The molecule has 0 spiro atoms. The summed E-state index contributed by atoms with van der Waals surface area (Å²) in [5.41, 5.74) is 0.648. The summed E-state index contributed by atoms with van der Waals surface area (Å²) in [7, 11) is 3.57. The van der Waals surface area contributed by atoms with E-state index in [9.17, 15) is 4.79 Å². The van der Waals surface area contributed by atoms with Crippen LogP contribution in [-0.4, -0.2) is 36.8 Å². The second kappa shape index (κ2) is 6.58. The van der Waals surface area contributed by atoms with Crippen LogP contribution in [0.4, 0.5) is 5.95 Å².